The number of ketones is 1. The average molecular weight is 763 g/mol. The molecule has 0 radical (unpaired) electrons. The minimum Gasteiger partial charge on any atom is -0.444 e. The number of alkyl carbamates (subject to hydrolysis) is 1. The van der Waals surface area contributed by atoms with E-state index in [1.165, 1.54) is 12.8 Å². The highest BCUT2D eigenvalue weighted by Gasteiger charge is 2.31. The van der Waals surface area contributed by atoms with Crippen molar-refractivity contribution in [2.75, 3.05) is 38.0 Å². The van der Waals surface area contributed by atoms with E-state index in [9.17, 15) is 19.2 Å². The highest BCUT2D eigenvalue weighted by molar-refractivity contribution is 5.96. The van der Waals surface area contributed by atoms with E-state index >= 15 is 0 Å². The number of tetrazole rings is 1. The highest BCUT2D eigenvalue weighted by atomic mass is 16.6. The molecule has 2 heterocycles. The maximum atomic E-state index is 14.0. The van der Waals surface area contributed by atoms with Gasteiger partial charge in [-0.3, -0.25) is 14.4 Å². The number of benzene rings is 3. The quantitative estimate of drug-likeness (QED) is 0.106. The van der Waals surface area contributed by atoms with Gasteiger partial charge in [-0.1, -0.05) is 36.4 Å². The number of H-pyrrole nitrogens is 1. The summed E-state index contributed by atoms with van der Waals surface area (Å²) in [5, 5.41) is 23.0. The lowest BCUT2D eigenvalue weighted by molar-refractivity contribution is -0.129. The highest BCUT2D eigenvalue weighted by Crippen LogP contribution is 2.32. The Kier molecular flexibility index (Phi) is 13.6. The smallest absolute Gasteiger partial charge is 0.407 e. The molecule has 0 spiro atoms. The molecule has 13 heteroatoms. The normalized spacial score (nSPS) is 17.8. The number of nitrogens with zero attached hydrogens (tertiary/aromatic N) is 4. The summed E-state index contributed by atoms with van der Waals surface area (Å²) in [6.07, 6.45) is 5.57. The minimum atomic E-state index is -0.604. The van der Waals surface area contributed by atoms with Crippen molar-refractivity contribution in [2.45, 2.75) is 77.7 Å². The van der Waals surface area contributed by atoms with E-state index < -0.39 is 17.6 Å². The zero-order valence-corrected chi connectivity index (χ0v) is 32.7. The number of carbonyl (C=O) groups excluding carboxylic acids is 4. The molecule has 4 aromatic rings. The molecule has 0 bridgehead atoms. The number of carbonyl (C=O) groups is 4. The second kappa shape index (κ2) is 18.9. The first-order chi connectivity index (χ1) is 27.0. The summed E-state index contributed by atoms with van der Waals surface area (Å²) in [5.74, 6) is -0.252. The summed E-state index contributed by atoms with van der Waals surface area (Å²) in [6.45, 7) is 9.70. The van der Waals surface area contributed by atoms with E-state index in [0.717, 1.165) is 54.7 Å². The van der Waals surface area contributed by atoms with Crippen molar-refractivity contribution in [1.29, 1.82) is 0 Å². The Hall–Kier alpha value is -5.43. The summed E-state index contributed by atoms with van der Waals surface area (Å²) in [5.41, 5.74) is 4.26. The van der Waals surface area contributed by atoms with Crippen molar-refractivity contribution in [1.82, 2.24) is 36.2 Å². The van der Waals surface area contributed by atoms with E-state index in [1.54, 1.807) is 12.1 Å². The van der Waals surface area contributed by atoms with Crippen molar-refractivity contribution in [3.05, 3.63) is 83.9 Å². The van der Waals surface area contributed by atoms with Gasteiger partial charge in [0.05, 0.1) is 0 Å². The number of aromatic nitrogens is 4. The van der Waals surface area contributed by atoms with Crippen LogP contribution in [0.15, 0.2) is 72.8 Å². The van der Waals surface area contributed by atoms with Gasteiger partial charge in [0.25, 0.3) is 5.91 Å². The zero-order chi connectivity index (χ0) is 39.5. The van der Waals surface area contributed by atoms with Crippen molar-refractivity contribution < 1.29 is 23.9 Å². The molecule has 2 fully saturated rings. The van der Waals surface area contributed by atoms with Crippen LogP contribution < -0.4 is 16.0 Å². The fraction of sp³-hybridized carbons (Fsp3) is 0.465. The van der Waals surface area contributed by atoms with Crippen LogP contribution in [-0.2, 0) is 20.7 Å². The molecular formula is C43H54N8O5. The Morgan fingerprint density at radius 1 is 0.875 bits per heavy atom. The molecule has 13 nitrogen and oxygen atoms in total. The number of aromatic amines is 1. The van der Waals surface area contributed by atoms with Crippen LogP contribution in [0.5, 0.6) is 0 Å². The molecule has 6 rings (SSSR count). The molecule has 3 aromatic carbocycles. The number of likely N-dealkylation sites (tertiary alicyclic amines) is 1. The summed E-state index contributed by atoms with van der Waals surface area (Å²) in [4.78, 5) is 55.1. The van der Waals surface area contributed by atoms with Gasteiger partial charge in [-0.05, 0) is 143 Å². The predicted octanol–water partition coefficient (Wildman–Crippen LogP) is 6.45. The molecule has 2 aliphatic rings. The lowest BCUT2D eigenvalue weighted by atomic mass is 9.77. The second-order valence-electron chi connectivity index (χ2n) is 16.1. The van der Waals surface area contributed by atoms with E-state index in [1.807, 2.05) is 75.4 Å². The van der Waals surface area contributed by atoms with Gasteiger partial charge >= 0.3 is 6.09 Å². The van der Waals surface area contributed by atoms with Gasteiger partial charge in [-0.25, -0.2) is 4.79 Å². The molecule has 56 heavy (non-hydrogen) atoms. The number of ether oxygens (including phenoxy) is 1. The summed E-state index contributed by atoms with van der Waals surface area (Å²) >= 11 is 0. The monoisotopic (exact) mass is 762 g/mol. The number of rotatable bonds is 15. The molecule has 296 valence electrons. The van der Waals surface area contributed by atoms with Crippen LogP contribution in [0, 0.1) is 17.8 Å². The van der Waals surface area contributed by atoms with Crippen LogP contribution in [0.2, 0.25) is 0 Å². The van der Waals surface area contributed by atoms with Crippen LogP contribution in [0.4, 0.5) is 10.5 Å². The SMILES string of the molecule is CC(C)(C)OC(=O)NCC1CCC(C(=O)C[C@@H](Cc2cccc(-c3ccc(C(=O)NCCN4CCCC4)cc3)c2)C(=O)Nc2ccc(-c3nn[nH]n3)cc2)CC1. The fourth-order valence-electron chi connectivity index (χ4n) is 7.54. The molecule has 4 N–H and O–H groups in total. The number of anilines is 1. The third-order valence-electron chi connectivity index (χ3n) is 10.6. The van der Waals surface area contributed by atoms with Crippen LogP contribution in [0.3, 0.4) is 0 Å². The number of amides is 3. The Bertz CT molecular complexity index is 1910. The van der Waals surface area contributed by atoms with Gasteiger partial charge < -0.3 is 25.6 Å². The predicted molar refractivity (Wildman–Crippen MR) is 215 cm³/mol. The maximum Gasteiger partial charge on any atom is 0.407 e. The average Bonchev–Trinajstić information content (AvgIpc) is 3.93. The van der Waals surface area contributed by atoms with E-state index in [0.29, 0.717) is 49.4 Å². The molecule has 0 unspecified atom stereocenters. The summed E-state index contributed by atoms with van der Waals surface area (Å²) in [6, 6.07) is 22.8. The Balaban J connectivity index is 1.09. The summed E-state index contributed by atoms with van der Waals surface area (Å²) < 4.78 is 5.37. The van der Waals surface area contributed by atoms with Gasteiger partial charge in [0.15, 0.2) is 0 Å². The molecule has 1 atom stereocenters. The minimum absolute atomic E-state index is 0.0848. The van der Waals surface area contributed by atoms with Crippen LogP contribution in [0.1, 0.15) is 81.6 Å². The Morgan fingerprint density at radius 2 is 1.59 bits per heavy atom. The number of Topliss-reactive ketones (excluding diaryl/α,β-unsaturated/α-hetero) is 1. The van der Waals surface area contributed by atoms with Crippen molar-refractivity contribution >= 4 is 29.4 Å². The number of hydrogen-bond acceptors (Lipinski definition) is 9. The second-order valence-corrected chi connectivity index (χ2v) is 16.1. The third-order valence-corrected chi connectivity index (χ3v) is 10.6. The number of nitrogens with one attached hydrogen (secondary N) is 4. The standard InChI is InChI=1S/C43H54N8O5/c1-43(2,3)56-42(55)45-28-29-9-11-32(12-10-29)38(52)27-36(41(54)46-37-19-17-33(18-20-37)39-47-49-50-48-39)26-30-7-6-8-35(25-30)31-13-15-34(16-14-31)40(53)44-21-24-51-22-4-5-23-51/h6-8,13-20,25,29,32,36H,4-5,9-12,21-24,26-28H2,1-3H3,(H,44,53)(H,45,55)(H,46,54)(H,47,48,49,50)/t29?,32?,36-/m1/s1. The number of hydrogen-bond donors (Lipinski definition) is 4. The van der Waals surface area contributed by atoms with Crippen LogP contribution >= 0.6 is 0 Å². The van der Waals surface area contributed by atoms with Crippen molar-refractivity contribution in [3.8, 4) is 22.5 Å². The lowest BCUT2D eigenvalue weighted by Crippen LogP contribution is -2.37. The first-order valence-corrected chi connectivity index (χ1v) is 19.8. The van der Waals surface area contributed by atoms with Gasteiger partial charge in [0, 0.05) is 54.7 Å². The molecule has 1 saturated carbocycles. The molecular weight excluding hydrogens is 709 g/mol. The summed E-state index contributed by atoms with van der Waals surface area (Å²) in [7, 11) is 0. The molecule has 1 aliphatic heterocycles. The van der Waals surface area contributed by atoms with Crippen molar-refractivity contribution in [3.63, 3.8) is 0 Å². The maximum absolute atomic E-state index is 14.0. The van der Waals surface area contributed by atoms with Gasteiger partial charge in [-0.15, -0.1) is 10.2 Å². The van der Waals surface area contributed by atoms with E-state index in [-0.39, 0.29) is 35.9 Å². The molecule has 1 saturated heterocycles. The first kappa shape index (κ1) is 40.2. The van der Waals surface area contributed by atoms with Gasteiger partial charge in [-0.2, -0.15) is 5.21 Å². The topological polar surface area (TPSA) is 171 Å². The van der Waals surface area contributed by atoms with E-state index in [2.05, 4.69) is 47.5 Å². The molecule has 3 amide bonds. The third kappa shape index (κ3) is 11.8. The van der Waals surface area contributed by atoms with E-state index in [4.69, 9.17) is 4.74 Å². The fourth-order valence-corrected chi connectivity index (χ4v) is 7.54. The molecule has 1 aromatic heterocycles. The Morgan fingerprint density at radius 3 is 2.27 bits per heavy atom. The van der Waals surface area contributed by atoms with Crippen molar-refractivity contribution in [2.24, 2.45) is 17.8 Å². The van der Waals surface area contributed by atoms with Crippen LogP contribution in [-0.4, -0.2) is 87.5 Å². The lowest BCUT2D eigenvalue weighted by Gasteiger charge is -2.29. The Labute approximate surface area is 328 Å². The van der Waals surface area contributed by atoms with Gasteiger partial charge in [0.2, 0.25) is 11.7 Å². The van der Waals surface area contributed by atoms with Gasteiger partial charge in [0.1, 0.15) is 11.4 Å². The molecule has 1 aliphatic carbocycles. The zero-order valence-electron chi connectivity index (χ0n) is 32.7. The largest absolute Gasteiger partial charge is 0.444 e. The first-order valence-electron chi connectivity index (χ1n) is 19.8. The van der Waals surface area contributed by atoms with Crippen LogP contribution in [0.25, 0.3) is 22.5 Å².